The second-order valence-corrected chi connectivity index (χ2v) is 11.6. The molecule has 0 bridgehead atoms. The Morgan fingerprint density at radius 3 is 2.51 bits per heavy atom. The zero-order chi connectivity index (χ0) is 26.3. The van der Waals surface area contributed by atoms with Crippen LogP contribution in [-0.4, -0.2) is 46.9 Å². The van der Waals surface area contributed by atoms with Crippen LogP contribution in [0.1, 0.15) is 22.5 Å². The molecule has 5 rings (SSSR count). The Labute approximate surface area is 238 Å². The van der Waals surface area contributed by atoms with Crippen LogP contribution in [0, 0.1) is 13.8 Å². The minimum absolute atomic E-state index is 0.0978. The van der Waals surface area contributed by atoms with E-state index in [2.05, 4.69) is 43.6 Å². The van der Waals surface area contributed by atoms with Gasteiger partial charge in [0.25, 0.3) is 11.1 Å². The predicted molar refractivity (Wildman–Crippen MR) is 154 cm³/mol. The van der Waals surface area contributed by atoms with E-state index in [4.69, 9.17) is 27.9 Å². The van der Waals surface area contributed by atoms with E-state index < -0.39 is 0 Å². The van der Waals surface area contributed by atoms with E-state index in [0.29, 0.717) is 20.5 Å². The molecule has 2 saturated heterocycles. The second-order valence-electron chi connectivity index (χ2n) is 8.90. The molecule has 2 amide bonds. The average Bonchev–Trinajstić information content (AvgIpc) is 3.29. The van der Waals surface area contributed by atoms with Crippen molar-refractivity contribution in [2.75, 3.05) is 31.2 Å². The predicted octanol–water partition coefficient (Wildman–Crippen LogP) is 7.24. The molecule has 2 aliphatic rings. The van der Waals surface area contributed by atoms with Gasteiger partial charge in [0.1, 0.15) is 0 Å². The van der Waals surface area contributed by atoms with E-state index in [1.165, 1.54) is 4.90 Å². The summed E-state index contributed by atoms with van der Waals surface area (Å²) in [5.74, 6) is -0.330. The molecule has 0 spiro atoms. The molecular weight excluding hydrogens is 597 g/mol. The Hall–Kier alpha value is -2.23. The summed E-state index contributed by atoms with van der Waals surface area (Å²) in [6.07, 6.45) is 1.80. The highest BCUT2D eigenvalue weighted by Crippen LogP contribution is 2.36. The molecule has 2 aromatic carbocycles. The van der Waals surface area contributed by atoms with Crippen molar-refractivity contribution in [2.24, 2.45) is 0 Å². The van der Waals surface area contributed by atoms with Gasteiger partial charge in [-0.15, -0.1) is 0 Å². The van der Waals surface area contributed by atoms with E-state index in [-0.39, 0.29) is 17.7 Å². The molecule has 6 nitrogen and oxygen atoms in total. The first-order valence-corrected chi connectivity index (χ1v) is 14.1. The Kier molecular flexibility index (Phi) is 7.75. The number of aromatic nitrogens is 1. The molecule has 10 heteroatoms. The molecule has 2 aliphatic heterocycles. The van der Waals surface area contributed by atoms with E-state index in [0.717, 1.165) is 70.9 Å². The molecule has 0 unspecified atom stereocenters. The molecule has 37 heavy (non-hydrogen) atoms. The molecule has 3 heterocycles. The monoisotopic (exact) mass is 619 g/mol. The summed E-state index contributed by atoms with van der Waals surface area (Å²) in [5, 5.41) is 0.601. The summed E-state index contributed by atoms with van der Waals surface area (Å²) in [7, 11) is 0. The van der Waals surface area contributed by atoms with Crippen LogP contribution in [0.25, 0.3) is 11.8 Å². The van der Waals surface area contributed by atoms with Crippen molar-refractivity contribution in [2.45, 2.75) is 20.4 Å². The van der Waals surface area contributed by atoms with Crippen LogP contribution in [-0.2, 0) is 16.1 Å². The van der Waals surface area contributed by atoms with Gasteiger partial charge in [-0.2, -0.15) is 0 Å². The molecule has 0 saturated carbocycles. The van der Waals surface area contributed by atoms with Crippen molar-refractivity contribution in [1.82, 2.24) is 9.47 Å². The normalized spacial score (nSPS) is 17.4. The summed E-state index contributed by atoms with van der Waals surface area (Å²) in [5.41, 5.74) is 5.73. The van der Waals surface area contributed by atoms with Crippen LogP contribution in [0.4, 0.5) is 10.5 Å². The van der Waals surface area contributed by atoms with Crippen molar-refractivity contribution < 1.29 is 14.3 Å². The van der Waals surface area contributed by atoms with Gasteiger partial charge < -0.3 is 14.2 Å². The molecule has 0 aliphatic carbocycles. The SMILES string of the molecule is Cc1cc(/C=C2\SC(=O)N(Cc3ccc(Cl)cc3Cl)C2=O)c(C)n1-c1ccc(N2CCOCC2)c(Br)c1. The molecule has 1 aromatic heterocycles. The van der Waals surface area contributed by atoms with Crippen molar-refractivity contribution >= 4 is 73.8 Å². The van der Waals surface area contributed by atoms with Crippen LogP contribution in [0.15, 0.2) is 51.8 Å². The highest BCUT2D eigenvalue weighted by molar-refractivity contribution is 9.10. The van der Waals surface area contributed by atoms with E-state index >= 15 is 0 Å². The number of ether oxygens (including phenoxy) is 1. The highest BCUT2D eigenvalue weighted by atomic mass is 79.9. The summed E-state index contributed by atoms with van der Waals surface area (Å²) in [6.45, 7) is 7.33. The van der Waals surface area contributed by atoms with Gasteiger partial charge in [-0.05, 0) is 95.1 Å². The van der Waals surface area contributed by atoms with Gasteiger partial charge in [0.05, 0.1) is 30.4 Å². The molecule has 0 atom stereocenters. The number of morpholine rings is 1. The van der Waals surface area contributed by atoms with Crippen molar-refractivity contribution in [1.29, 1.82) is 0 Å². The van der Waals surface area contributed by atoms with Gasteiger partial charge in [-0.25, -0.2) is 0 Å². The minimum atomic E-state index is -0.330. The van der Waals surface area contributed by atoms with Crippen LogP contribution in [0.2, 0.25) is 10.0 Å². The quantitative estimate of drug-likeness (QED) is 0.282. The molecule has 2 fully saturated rings. The van der Waals surface area contributed by atoms with Crippen LogP contribution in [0.3, 0.4) is 0 Å². The first kappa shape index (κ1) is 26.4. The third kappa shape index (κ3) is 5.36. The van der Waals surface area contributed by atoms with Gasteiger partial charge in [-0.1, -0.05) is 29.3 Å². The fraction of sp³-hybridized carbons (Fsp3) is 0.259. The number of anilines is 1. The fourth-order valence-corrected chi connectivity index (χ4v) is 6.54. The lowest BCUT2D eigenvalue weighted by Crippen LogP contribution is -2.36. The lowest BCUT2D eigenvalue weighted by Gasteiger charge is -2.30. The number of rotatable bonds is 5. The van der Waals surface area contributed by atoms with Gasteiger partial charge in [0.2, 0.25) is 0 Å². The zero-order valence-corrected chi connectivity index (χ0v) is 24.2. The Morgan fingerprint density at radius 2 is 1.81 bits per heavy atom. The van der Waals surface area contributed by atoms with Gasteiger partial charge in [0.15, 0.2) is 0 Å². The summed E-state index contributed by atoms with van der Waals surface area (Å²) >= 11 is 16.9. The number of halogens is 3. The topological polar surface area (TPSA) is 54.8 Å². The van der Waals surface area contributed by atoms with Crippen LogP contribution in [0.5, 0.6) is 0 Å². The number of hydrogen-bond acceptors (Lipinski definition) is 5. The first-order chi connectivity index (χ1) is 17.7. The van der Waals surface area contributed by atoms with E-state index in [1.807, 2.05) is 19.9 Å². The van der Waals surface area contributed by atoms with Gasteiger partial charge in [-0.3, -0.25) is 14.5 Å². The number of amides is 2. The Balaban J connectivity index is 1.40. The molecule has 3 aromatic rings. The number of aryl methyl sites for hydroxylation is 1. The number of nitrogens with zero attached hydrogens (tertiary/aromatic N) is 3. The number of benzene rings is 2. The minimum Gasteiger partial charge on any atom is -0.378 e. The maximum Gasteiger partial charge on any atom is 0.293 e. The third-order valence-corrected chi connectivity index (χ3v) is 8.64. The number of carbonyl (C=O) groups excluding carboxylic acids is 2. The molecule has 192 valence electrons. The maximum absolute atomic E-state index is 13.1. The molecule has 0 radical (unpaired) electrons. The number of imide groups is 1. The second kappa shape index (κ2) is 10.9. The van der Waals surface area contributed by atoms with Crippen LogP contribution < -0.4 is 4.90 Å². The number of carbonyl (C=O) groups is 2. The first-order valence-electron chi connectivity index (χ1n) is 11.7. The summed E-state index contributed by atoms with van der Waals surface area (Å²) in [6, 6.07) is 13.4. The summed E-state index contributed by atoms with van der Waals surface area (Å²) in [4.78, 5) is 29.7. The van der Waals surface area contributed by atoms with Crippen molar-refractivity contribution in [3.63, 3.8) is 0 Å². The standard InChI is InChI=1S/C27H24BrCl2N3O3S/c1-16-11-19(12-25-26(34)32(27(35)37-25)15-18-3-4-20(29)13-23(18)30)17(2)33(16)21-5-6-24(22(28)14-21)31-7-9-36-10-8-31/h3-6,11-14H,7-10,15H2,1-2H3/b25-12-. The lowest BCUT2D eigenvalue weighted by atomic mass is 10.2. The van der Waals surface area contributed by atoms with Crippen molar-refractivity contribution in [3.8, 4) is 5.69 Å². The summed E-state index contributed by atoms with van der Waals surface area (Å²) < 4.78 is 8.64. The van der Waals surface area contributed by atoms with Gasteiger partial charge in [0, 0.05) is 44.7 Å². The lowest BCUT2D eigenvalue weighted by molar-refractivity contribution is -0.123. The number of thioether (sulfide) groups is 1. The Bertz CT molecular complexity index is 1430. The van der Waals surface area contributed by atoms with Crippen LogP contribution >= 0.6 is 50.9 Å². The zero-order valence-electron chi connectivity index (χ0n) is 20.3. The average molecular weight is 621 g/mol. The fourth-order valence-electron chi connectivity index (χ4n) is 4.62. The smallest absolute Gasteiger partial charge is 0.293 e. The van der Waals surface area contributed by atoms with E-state index in [9.17, 15) is 9.59 Å². The maximum atomic E-state index is 13.1. The third-order valence-electron chi connectivity index (χ3n) is 6.52. The van der Waals surface area contributed by atoms with Gasteiger partial charge >= 0.3 is 0 Å². The number of hydrogen-bond donors (Lipinski definition) is 0. The Morgan fingerprint density at radius 1 is 1.05 bits per heavy atom. The largest absolute Gasteiger partial charge is 0.378 e. The molecule has 0 N–H and O–H groups in total. The molecular formula is C27H24BrCl2N3O3S. The van der Waals surface area contributed by atoms with Crippen molar-refractivity contribution in [3.05, 3.63) is 84.4 Å². The highest BCUT2D eigenvalue weighted by Gasteiger charge is 2.35. The van der Waals surface area contributed by atoms with E-state index in [1.54, 1.807) is 24.3 Å².